The molecule has 4 aromatic carbocycles. The number of anilines is 2. The molecule has 0 aliphatic heterocycles. The van der Waals surface area contributed by atoms with Gasteiger partial charge in [-0.25, -0.2) is 0 Å². The zero-order chi connectivity index (χ0) is 46.4. The van der Waals surface area contributed by atoms with Crippen molar-refractivity contribution in [2.45, 2.75) is 89.3 Å². The molecule has 2 aliphatic carbocycles. The minimum Gasteiger partial charge on any atom is -0.426 e. The summed E-state index contributed by atoms with van der Waals surface area (Å²) in [6, 6.07) is 27.0. The molecule has 0 aromatic heterocycles. The molecule has 10 nitrogen and oxygen atoms in total. The molecule has 2 fully saturated rings. The fraction of sp³-hybridized carbons (Fsp3) is 0.345. The van der Waals surface area contributed by atoms with Crippen LogP contribution in [0.5, 0.6) is 11.5 Å². The van der Waals surface area contributed by atoms with Crippen molar-refractivity contribution in [1.82, 2.24) is 0 Å². The van der Waals surface area contributed by atoms with Gasteiger partial charge in [-0.3, -0.25) is 19.2 Å². The number of nitrogens with two attached hydrogens (primary N) is 2. The molecule has 0 unspecified atom stereocenters. The number of hydrogen-bond acceptors (Lipinski definition) is 10. The van der Waals surface area contributed by atoms with Gasteiger partial charge in [0.05, 0.1) is 11.8 Å². The SMILES string of the molecule is C=CCC1CCC(C(=O)Oc2ccc(C=CC(=O)CC(Cc3ccc(N)cc3)(Cc3ccc(N)cc3)C(O)(O)C(=O)C=Cc3ccc(OC(=O)C4CCC(CC=C)CC4)cc3)cc2)CC1. The highest BCUT2D eigenvalue weighted by molar-refractivity contribution is 6.01. The molecular weight excluding hydrogens is 817 g/mol. The molecule has 0 saturated heterocycles. The van der Waals surface area contributed by atoms with Gasteiger partial charge in [0.2, 0.25) is 11.6 Å². The summed E-state index contributed by atoms with van der Waals surface area (Å²) in [4.78, 5) is 54.1. The van der Waals surface area contributed by atoms with Gasteiger partial charge in [0.25, 0.3) is 0 Å². The first-order valence-electron chi connectivity index (χ1n) is 22.7. The minimum atomic E-state index is -3.06. The predicted octanol–water partition coefficient (Wildman–Crippen LogP) is 9.83. The number of benzene rings is 4. The second-order valence-corrected chi connectivity index (χ2v) is 17.9. The number of carbonyl (C=O) groups excluding carboxylic acids is 4. The third kappa shape index (κ3) is 13.3. The van der Waals surface area contributed by atoms with Crippen molar-refractivity contribution < 1.29 is 38.9 Å². The number of esters is 2. The summed E-state index contributed by atoms with van der Waals surface area (Å²) >= 11 is 0. The van der Waals surface area contributed by atoms with E-state index in [9.17, 15) is 29.4 Å². The van der Waals surface area contributed by atoms with E-state index in [-0.39, 0.29) is 36.6 Å². The van der Waals surface area contributed by atoms with E-state index in [1.165, 1.54) is 12.2 Å². The quantitative estimate of drug-likeness (QED) is 0.0167. The van der Waals surface area contributed by atoms with Gasteiger partial charge in [0.15, 0.2) is 5.78 Å². The average Bonchev–Trinajstić information content (AvgIpc) is 3.30. The van der Waals surface area contributed by atoms with Crippen LogP contribution in [0.3, 0.4) is 0 Å². The Morgan fingerprint density at radius 3 is 1.34 bits per heavy atom. The van der Waals surface area contributed by atoms with Gasteiger partial charge < -0.3 is 31.2 Å². The van der Waals surface area contributed by atoms with E-state index in [2.05, 4.69) is 13.2 Å². The number of carbonyl (C=O) groups is 4. The zero-order valence-corrected chi connectivity index (χ0v) is 37.1. The molecule has 0 bridgehead atoms. The highest BCUT2D eigenvalue weighted by Gasteiger charge is 2.54. The summed E-state index contributed by atoms with van der Waals surface area (Å²) in [5.41, 5.74) is 13.6. The number of hydrogen-bond donors (Lipinski definition) is 4. The average molecular weight is 879 g/mol. The Morgan fingerprint density at radius 2 is 0.954 bits per heavy atom. The maximum Gasteiger partial charge on any atom is 0.314 e. The van der Waals surface area contributed by atoms with Crippen LogP contribution in [0.1, 0.15) is 92.9 Å². The number of nitrogen functional groups attached to an aromatic ring is 2. The normalized spacial score (nSPS) is 19.1. The first-order chi connectivity index (χ1) is 31.2. The zero-order valence-electron chi connectivity index (χ0n) is 37.1. The second-order valence-electron chi connectivity index (χ2n) is 17.9. The van der Waals surface area contributed by atoms with Crippen molar-refractivity contribution in [3.63, 3.8) is 0 Å². The van der Waals surface area contributed by atoms with Crippen LogP contribution in [0.25, 0.3) is 12.2 Å². The maximum absolute atomic E-state index is 14.2. The molecule has 0 radical (unpaired) electrons. The number of ketones is 2. The van der Waals surface area contributed by atoms with E-state index in [1.54, 1.807) is 103 Å². The van der Waals surface area contributed by atoms with E-state index < -0.39 is 29.2 Å². The van der Waals surface area contributed by atoms with Crippen LogP contribution in [-0.4, -0.2) is 39.5 Å². The lowest BCUT2D eigenvalue weighted by Crippen LogP contribution is -2.57. The van der Waals surface area contributed by atoms with Gasteiger partial charge in [0.1, 0.15) is 11.5 Å². The van der Waals surface area contributed by atoms with Crippen molar-refractivity contribution in [2.75, 3.05) is 11.5 Å². The molecular formula is C55H62N2O8. The largest absolute Gasteiger partial charge is 0.426 e. The van der Waals surface area contributed by atoms with Crippen molar-refractivity contribution in [1.29, 1.82) is 0 Å². The lowest BCUT2D eigenvalue weighted by atomic mass is 9.65. The maximum atomic E-state index is 14.2. The Balaban J connectivity index is 1.19. The molecule has 6 N–H and O–H groups in total. The molecule has 0 spiro atoms. The standard InChI is InChI=1S/C55H62N2O8/c1-3-5-38-7-21-44(22-8-38)52(60)64-49-30-16-40(17-31-49)15-29-48(58)37-54(35-42-11-25-46(56)26-12-42,36-43-13-27-47(57)28-14-43)55(62,63)51(59)34-20-41-18-32-50(33-19-41)65-53(61)45-23-9-39(6-4-2)10-24-45/h3-4,11-20,25-34,38-39,44-45,62-63H,1-2,5-10,21-24,35-37,56-57H2. The first kappa shape index (κ1) is 48.1. The smallest absolute Gasteiger partial charge is 0.314 e. The third-order valence-corrected chi connectivity index (χ3v) is 13.1. The lowest BCUT2D eigenvalue weighted by Gasteiger charge is -2.42. The van der Waals surface area contributed by atoms with E-state index in [4.69, 9.17) is 20.9 Å². The van der Waals surface area contributed by atoms with Gasteiger partial charge >= 0.3 is 11.9 Å². The molecule has 10 heteroatoms. The highest BCUT2D eigenvalue weighted by atomic mass is 16.5. The van der Waals surface area contributed by atoms with Gasteiger partial charge in [0, 0.05) is 23.2 Å². The Hall–Kier alpha value is -6.36. The van der Waals surface area contributed by atoms with Crippen LogP contribution in [0, 0.1) is 29.1 Å². The number of ether oxygens (including phenoxy) is 2. The summed E-state index contributed by atoms with van der Waals surface area (Å²) < 4.78 is 11.4. The van der Waals surface area contributed by atoms with E-state index in [0.717, 1.165) is 70.3 Å². The Labute approximate surface area is 382 Å². The molecule has 0 heterocycles. The Morgan fingerprint density at radius 1 is 0.569 bits per heavy atom. The Kier molecular flexibility index (Phi) is 16.7. The summed E-state index contributed by atoms with van der Waals surface area (Å²) in [7, 11) is 0. The third-order valence-electron chi connectivity index (χ3n) is 13.1. The molecule has 2 saturated carbocycles. The monoisotopic (exact) mass is 878 g/mol. The van der Waals surface area contributed by atoms with E-state index in [0.29, 0.717) is 57.0 Å². The van der Waals surface area contributed by atoms with Gasteiger partial charge in [-0.15, -0.1) is 13.2 Å². The first-order valence-corrected chi connectivity index (χ1v) is 22.7. The van der Waals surface area contributed by atoms with Crippen LogP contribution in [0.2, 0.25) is 0 Å². The minimum absolute atomic E-state index is 0.0875. The summed E-state index contributed by atoms with van der Waals surface area (Å²) in [5.74, 6) is -3.48. The molecule has 4 aromatic rings. The van der Waals surface area contributed by atoms with Gasteiger partial charge in [-0.2, -0.15) is 0 Å². The van der Waals surface area contributed by atoms with E-state index in [1.807, 2.05) is 12.2 Å². The fourth-order valence-corrected chi connectivity index (χ4v) is 9.17. The van der Waals surface area contributed by atoms with Crippen molar-refractivity contribution in [3.05, 3.63) is 157 Å². The summed E-state index contributed by atoms with van der Waals surface area (Å²) in [5, 5.41) is 24.4. The molecule has 0 atom stereocenters. The van der Waals surface area contributed by atoms with Crippen LogP contribution >= 0.6 is 0 Å². The summed E-state index contributed by atoms with van der Waals surface area (Å²) in [6.07, 6.45) is 17.6. The number of aliphatic hydroxyl groups is 2. The summed E-state index contributed by atoms with van der Waals surface area (Å²) in [6.45, 7) is 7.65. The number of rotatable bonds is 20. The molecule has 2 aliphatic rings. The van der Waals surface area contributed by atoms with Crippen LogP contribution in [0.4, 0.5) is 11.4 Å². The van der Waals surface area contributed by atoms with Gasteiger partial charge in [-0.1, -0.05) is 72.8 Å². The van der Waals surface area contributed by atoms with Crippen LogP contribution in [0.15, 0.2) is 135 Å². The van der Waals surface area contributed by atoms with E-state index >= 15 is 0 Å². The topological polar surface area (TPSA) is 179 Å². The van der Waals surface area contributed by atoms with Crippen molar-refractivity contribution in [2.24, 2.45) is 29.1 Å². The second kappa shape index (κ2) is 22.5. The van der Waals surface area contributed by atoms with Crippen LogP contribution < -0.4 is 20.9 Å². The number of allylic oxidation sites excluding steroid dienone is 3. The highest BCUT2D eigenvalue weighted by Crippen LogP contribution is 2.43. The Bertz CT molecular complexity index is 2270. The molecule has 65 heavy (non-hydrogen) atoms. The molecule has 340 valence electrons. The predicted molar refractivity (Wildman–Crippen MR) is 256 cm³/mol. The van der Waals surface area contributed by atoms with Crippen LogP contribution in [-0.2, 0) is 32.0 Å². The lowest BCUT2D eigenvalue weighted by molar-refractivity contribution is -0.230. The molecule has 0 amide bonds. The molecule has 6 rings (SSSR count). The van der Waals surface area contributed by atoms with Gasteiger partial charge in [-0.05, 0) is 172 Å². The van der Waals surface area contributed by atoms with Crippen molar-refractivity contribution >= 4 is 47.0 Å². The van der Waals surface area contributed by atoms with Crippen molar-refractivity contribution in [3.8, 4) is 11.5 Å². The fourth-order valence-electron chi connectivity index (χ4n) is 9.17.